The molecule has 2 N–H and O–H groups in total. The highest BCUT2D eigenvalue weighted by molar-refractivity contribution is 5.34. The van der Waals surface area contributed by atoms with Crippen molar-refractivity contribution in [3.8, 4) is 0 Å². The van der Waals surface area contributed by atoms with E-state index in [4.69, 9.17) is 5.73 Å². The van der Waals surface area contributed by atoms with Gasteiger partial charge in [0.05, 0.1) is 0 Å². The molecule has 3 rings (SSSR count). The summed E-state index contributed by atoms with van der Waals surface area (Å²) in [4.78, 5) is 0. The van der Waals surface area contributed by atoms with Gasteiger partial charge in [0.2, 0.25) is 0 Å². The van der Waals surface area contributed by atoms with Crippen molar-refractivity contribution in [1.29, 1.82) is 0 Å². The van der Waals surface area contributed by atoms with Gasteiger partial charge in [0.15, 0.2) is 0 Å². The van der Waals surface area contributed by atoms with E-state index >= 15 is 0 Å². The topological polar surface area (TPSA) is 26.0 Å². The van der Waals surface area contributed by atoms with Gasteiger partial charge in [-0.05, 0) is 47.4 Å². The maximum Gasteiger partial charge on any atom is 0.0330 e. The van der Waals surface area contributed by atoms with Crippen LogP contribution in [-0.2, 0) is 19.3 Å². The van der Waals surface area contributed by atoms with Gasteiger partial charge in [0.1, 0.15) is 0 Å². The van der Waals surface area contributed by atoms with Crippen molar-refractivity contribution >= 4 is 0 Å². The molecule has 0 spiro atoms. The summed E-state index contributed by atoms with van der Waals surface area (Å²) in [7, 11) is 0. The molecule has 20 heavy (non-hydrogen) atoms. The average Bonchev–Trinajstić information content (AvgIpc) is 2.91. The van der Waals surface area contributed by atoms with Crippen molar-refractivity contribution in [3.05, 3.63) is 70.8 Å². The smallest absolute Gasteiger partial charge is 0.0330 e. The minimum Gasteiger partial charge on any atom is -0.324 e. The monoisotopic (exact) mass is 265 g/mol. The predicted octanol–water partition coefficient (Wildman–Crippen LogP) is 4.05. The van der Waals surface area contributed by atoms with Crippen LogP contribution in [0, 0.1) is 5.92 Å². The molecule has 1 aliphatic rings. The molecule has 1 unspecified atom stereocenters. The zero-order valence-electron chi connectivity index (χ0n) is 12.2. The van der Waals surface area contributed by atoms with Crippen LogP contribution in [0.25, 0.3) is 0 Å². The lowest BCUT2D eigenvalue weighted by atomic mass is 9.90. The fourth-order valence-electron chi connectivity index (χ4n) is 3.36. The molecule has 0 amide bonds. The van der Waals surface area contributed by atoms with E-state index in [9.17, 15) is 0 Å². The zero-order valence-corrected chi connectivity index (χ0v) is 12.2. The van der Waals surface area contributed by atoms with Crippen LogP contribution in [0.5, 0.6) is 0 Å². The van der Waals surface area contributed by atoms with Gasteiger partial charge in [0.25, 0.3) is 0 Å². The molecule has 0 fully saturated rings. The molecule has 1 heteroatoms. The Morgan fingerprint density at radius 1 is 1.05 bits per heavy atom. The van der Waals surface area contributed by atoms with E-state index in [1.54, 1.807) is 0 Å². The van der Waals surface area contributed by atoms with Gasteiger partial charge in [0, 0.05) is 6.04 Å². The minimum atomic E-state index is 0.152. The van der Waals surface area contributed by atoms with Gasteiger partial charge in [-0.25, -0.2) is 0 Å². The van der Waals surface area contributed by atoms with Crippen LogP contribution in [0.1, 0.15) is 41.6 Å². The first-order valence-electron chi connectivity index (χ1n) is 7.69. The summed E-state index contributed by atoms with van der Waals surface area (Å²) in [6.07, 6.45) is 4.57. The Hall–Kier alpha value is -1.60. The second-order valence-corrected chi connectivity index (χ2v) is 5.96. The largest absolute Gasteiger partial charge is 0.324 e. The van der Waals surface area contributed by atoms with Gasteiger partial charge in [-0.1, -0.05) is 61.9 Å². The van der Waals surface area contributed by atoms with E-state index in [0.29, 0.717) is 5.92 Å². The highest BCUT2D eigenvalue weighted by atomic mass is 14.7. The standard InChI is InChI=1S/C19H23N/c1-2-6-14-7-5-10-17(11-14)19(20)18-12-15-8-3-4-9-16(15)13-18/h3-5,7-11,18-19H,2,6,12-13,20H2,1H3. The highest BCUT2D eigenvalue weighted by Crippen LogP contribution is 2.34. The van der Waals surface area contributed by atoms with Crippen LogP contribution in [0.3, 0.4) is 0 Å². The van der Waals surface area contributed by atoms with Crippen molar-refractivity contribution in [1.82, 2.24) is 0 Å². The summed E-state index contributed by atoms with van der Waals surface area (Å²) in [6, 6.07) is 17.8. The molecule has 1 aliphatic carbocycles. The number of hydrogen-bond donors (Lipinski definition) is 1. The Morgan fingerprint density at radius 2 is 1.75 bits per heavy atom. The number of nitrogens with two attached hydrogens (primary N) is 1. The normalized spacial score (nSPS) is 16.1. The highest BCUT2D eigenvalue weighted by Gasteiger charge is 2.27. The van der Waals surface area contributed by atoms with E-state index in [1.165, 1.54) is 28.7 Å². The SMILES string of the molecule is CCCc1cccc(C(N)C2Cc3ccccc3C2)c1. The Bertz CT molecular complexity index is 563. The summed E-state index contributed by atoms with van der Waals surface area (Å²) < 4.78 is 0. The predicted molar refractivity (Wildman–Crippen MR) is 84.7 cm³/mol. The quantitative estimate of drug-likeness (QED) is 0.886. The maximum absolute atomic E-state index is 6.54. The Balaban J connectivity index is 1.77. The molecule has 1 atom stereocenters. The second kappa shape index (κ2) is 5.80. The van der Waals surface area contributed by atoms with Crippen LogP contribution in [0.2, 0.25) is 0 Å². The molecular formula is C19H23N. The Morgan fingerprint density at radius 3 is 2.40 bits per heavy atom. The third kappa shape index (κ3) is 2.64. The lowest BCUT2D eigenvalue weighted by molar-refractivity contribution is 0.453. The lowest BCUT2D eigenvalue weighted by Gasteiger charge is -2.20. The first-order chi connectivity index (χ1) is 9.78. The van der Waals surface area contributed by atoms with Crippen molar-refractivity contribution in [2.24, 2.45) is 11.7 Å². The third-order valence-corrected chi connectivity index (χ3v) is 4.47. The summed E-state index contributed by atoms with van der Waals surface area (Å²) in [5.41, 5.74) is 12.2. The third-order valence-electron chi connectivity index (χ3n) is 4.47. The van der Waals surface area contributed by atoms with Crippen LogP contribution in [0.4, 0.5) is 0 Å². The van der Waals surface area contributed by atoms with Crippen molar-refractivity contribution in [2.45, 2.75) is 38.6 Å². The van der Waals surface area contributed by atoms with Crippen LogP contribution >= 0.6 is 0 Å². The first-order valence-corrected chi connectivity index (χ1v) is 7.69. The molecular weight excluding hydrogens is 242 g/mol. The van der Waals surface area contributed by atoms with Gasteiger partial charge in [-0.3, -0.25) is 0 Å². The number of aryl methyl sites for hydroxylation is 1. The van der Waals surface area contributed by atoms with Crippen LogP contribution in [-0.4, -0.2) is 0 Å². The van der Waals surface area contributed by atoms with Crippen molar-refractivity contribution in [3.63, 3.8) is 0 Å². The van der Waals surface area contributed by atoms with E-state index < -0.39 is 0 Å². The zero-order chi connectivity index (χ0) is 13.9. The van der Waals surface area contributed by atoms with Gasteiger partial charge >= 0.3 is 0 Å². The molecule has 0 aliphatic heterocycles. The molecule has 1 nitrogen and oxygen atoms in total. The summed E-state index contributed by atoms with van der Waals surface area (Å²) in [5.74, 6) is 0.546. The molecule has 2 aromatic carbocycles. The van der Waals surface area contributed by atoms with E-state index in [-0.39, 0.29) is 6.04 Å². The van der Waals surface area contributed by atoms with Crippen molar-refractivity contribution in [2.75, 3.05) is 0 Å². The fourth-order valence-corrected chi connectivity index (χ4v) is 3.36. The van der Waals surface area contributed by atoms with E-state index in [0.717, 1.165) is 19.3 Å². The summed E-state index contributed by atoms with van der Waals surface area (Å²) in [5, 5.41) is 0. The van der Waals surface area contributed by atoms with Crippen molar-refractivity contribution < 1.29 is 0 Å². The molecule has 0 saturated carbocycles. The molecule has 0 bridgehead atoms. The maximum atomic E-state index is 6.54. The first kappa shape index (κ1) is 13.4. The summed E-state index contributed by atoms with van der Waals surface area (Å²) in [6.45, 7) is 2.22. The number of fused-ring (bicyclic) bond motifs is 1. The molecule has 0 aromatic heterocycles. The van der Waals surface area contributed by atoms with Crippen LogP contribution in [0.15, 0.2) is 48.5 Å². The Kier molecular flexibility index (Phi) is 3.88. The minimum absolute atomic E-state index is 0.152. The molecule has 0 saturated heterocycles. The van der Waals surface area contributed by atoms with Crippen LogP contribution < -0.4 is 5.73 Å². The molecule has 2 aromatic rings. The van der Waals surface area contributed by atoms with Gasteiger partial charge in [-0.2, -0.15) is 0 Å². The number of hydrogen-bond acceptors (Lipinski definition) is 1. The lowest BCUT2D eigenvalue weighted by Crippen LogP contribution is -2.22. The average molecular weight is 265 g/mol. The number of rotatable bonds is 4. The summed E-state index contributed by atoms with van der Waals surface area (Å²) >= 11 is 0. The fraction of sp³-hybridized carbons (Fsp3) is 0.368. The van der Waals surface area contributed by atoms with Gasteiger partial charge < -0.3 is 5.73 Å². The molecule has 0 heterocycles. The van der Waals surface area contributed by atoms with E-state index in [1.807, 2.05) is 0 Å². The molecule has 0 radical (unpaired) electrons. The Labute approximate surface area is 121 Å². The second-order valence-electron chi connectivity index (χ2n) is 5.96. The van der Waals surface area contributed by atoms with E-state index in [2.05, 4.69) is 55.5 Å². The number of benzene rings is 2. The van der Waals surface area contributed by atoms with Gasteiger partial charge in [-0.15, -0.1) is 0 Å². The molecule has 104 valence electrons.